The van der Waals surface area contributed by atoms with Crippen molar-refractivity contribution in [1.82, 2.24) is 0 Å². The first-order valence-corrected chi connectivity index (χ1v) is 9.74. The van der Waals surface area contributed by atoms with Gasteiger partial charge in [0.1, 0.15) is 5.78 Å². The van der Waals surface area contributed by atoms with Crippen LogP contribution < -0.4 is 0 Å². The lowest BCUT2D eigenvalue weighted by molar-refractivity contribution is -0.127. The maximum Gasteiger partial charge on any atom is 0.133 e. The molecule has 0 heterocycles. The molecule has 128 valence electrons. The van der Waals surface area contributed by atoms with Crippen molar-refractivity contribution in [2.45, 2.75) is 78.2 Å². The largest absolute Gasteiger partial charge is 0.393 e. The molecule has 0 amide bonds. The van der Waals surface area contributed by atoms with Crippen molar-refractivity contribution in [2.75, 3.05) is 0 Å². The SMILES string of the molecule is CC(=O)[C@@H]1CC[C@@H]2[C@H]3CC=C4C[C@@H](O)CC[C@]4(C)[C@@H]3CC[C@]21C. The van der Waals surface area contributed by atoms with Gasteiger partial charge in [-0.3, -0.25) is 4.79 Å². The summed E-state index contributed by atoms with van der Waals surface area (Å²) in [4.78, 5) is 12.2. The number of carbonyl (C=O) groups is 1. The van der Waals surface area contributed by atoms with E-state index in [1.54, 1.807) is 5.57 Å². The molecule has 0 aromatic carbocycles. The predicted molar refractivity (Wildman–Crippen MR) is 91.9 cm³/mol. The van der Waals surface area contributed by atoms with E-state index >= 15 is 0 Å². The molecule has 2 heteroatoms. The summed E-state index contributed by atoms with van der Waals surface area (Å²) in [5.41, 5.74) is 2.11. The number of hydrogen-bond donors (Lipinski definition) is 1. The third-order valence-corrected chi connectivity index (χ3v) is 8.57. The fraction of sp³-hybridized carbons (Fsp3) is 0.857. The van der Waals surface area contributed by atoms with E-state index in [1.807, 2.05) is 6.92 Å². The van der Waals surface area contributed by atoms with Gasteiger partial charge >= 0.3 is 0 Å². The number of fused-ring (bicyclic) bond motifs is 5. The molecule has 2 nitrogen and oxygen atoms in total. The van der Waals surface area contributed by atoms with E-state index in [9.17, 15) is 9.90 Å². The number of rotatable bonds is 1. The van der Waals surface area contributed by atoms with Gasteiger partial charge in [0.2, 0.25) is 0 Å². The van der Waals surface area contributed by atoms with Crippen molar-refractivity contribution >= 4 is 5.78 Å². The number of aliphatic hydroxyl groups is 1. The summed E-state index contributed by atoms with van der Waals surface area (Å²) in [5.74, 6) is 3.00. The lowest BCUT2D eigenvalue weighted by Crippen LogP contribution is -2.50. The fourth-order valence-corrected chi connectivity index (χ4v) is 7.31. The molecule has 4 aliphatic carbocycles. The van der Waals surface area contributed by atoms with Crippen molar-refractivity contribution in [1.29, 1.82) is 0 Å². The Balaban J connectivity index is 1.66. The Morgan fingerprint density at radius 3 is 2.65 bits per heavy atom. The maximum absolute atomic E-state index is 12.2. The van der Waals surface area contributed by atoms with Crippen LogP contribution in [0.15, 0.2) is 11.6 Å². The minimum Gasteiger partial charge on any atom is -0.393 e. The van der Waals surface area contributed by atoms with Crippen LogP contribution in [0.1, 0.15) is 72.1 Å². The van der Waals surface area contributed by atoms with Crippen molar-refractivity contribution in [3.8, 4) is 0 Å². The smallest absolute Gasteiger partial charge is 0.133 e. The van der Waals surface area contributed by atoms with Gasteiger partial charge in [0.25, 0.3) is 0 Å². The molecule has 0 saturated heterocycles. The van der Waals surface area contributed by atoms with Crippen LogP contribution in [0.25, 0.3) is 0 Å². The van der Waals surface area contributed by atoms with E-state index in [1.165, 1.54) is 25.7 Å². The second kappa shape index (κ2) is 5.18. The van der Waals surface area contributed by atoms with Crippen LogP contribution in [0, 0.1) is 34.5 Å². The number of ketones is 1. The van der Waals surface area contributed by atoms with E-state index in [4.69, 9.17) is 0 Å². The average Bonchev–Trinajstić information content (AvgIpc) is 2.85. The van der Waals surface area contributed by atoms with Gasteiger partial charge in [-0.05, 0) is 86.9 Å². The molecule has 4 aliphatic rings. The first-order chi connectivity index (χ1) is 10.9. The highest BCUT2D eigenvalue weighted by Crippen LogP contribution is 2.66. The maximum atomic E-state index is 12.2. The quantitative estimate of drug-likeness (QED) is 0.722. The van der Waals surface area contributed by atoms with E-state index in [0.717, 1.165) is 43.4 Å². The van der Waals surface area contributed by atoms with Crippen molar-refractivity contribution < 1.29 is 9.90 Å². The summed E-state index contributed by atoms with van der Waals surface area (Å²) in [6, 6.07) is 0. The van der Waals surface area contributed by atoms with Crippen LogP contribution in [0.3, 0.4) is 0 Å². The van der Waals surface area contributed by atoms with Crippen molar-refractivity contribution in [3.63, 3.8) is 0 Å². The minimum atomic E-state index is -0.117. The molecule has 1 N–H and O–H groups in total. The number of allylic oxidation sites excluding steroid dienone is 1. The van der Waals surface area contributed by atoms with Gasteiger partial charge in [-0.25, -0.2) is 0 Å². The highest BCUT2D eigenvalue weighted by atomic mass is 16.3. The Kier molecular flexibility index (Phi) is 3.58. The average molecular weight is 316 g/mol. The lowest BCUT2D eigenvalue weighted by Gasteiger charge is -2.57. The van der Waals surface area contributed by atoms with Gasteiger partial charge in [0, 0.05) is 5.92 Å². The summed E-state index contributed by atoms with van der Waals surface area (Å²) >= 11 is 0. The van der Waals surface area contributed by atoms with Gasteiger partial charge in [0.05, 0.1) is 6.10 Å². The zero-order valence-corrected chi connectivity index (χ0v) is 15.0. The summed E-state index contributed by atoms with van der Waals surface area (Å²) in [7, 11) is 0. The number of carbonyl (C=O) groups excluding carboxylic acids is 1. The summed E-state index contributed by atoms with van der Waals surface area (Å²) in [5, 5.41) is 10.1. The molecular formula is C21H32O2. The Morgan fingerprint density at radius 1 is 1.13 bits per heavy atom. The van der Waals surface area contributed by atoms with E-state index in [2.05, 4.69) is 19.9 Å². The molecule has 0 spiro atoms. The Labute approximate surface area is 140 Å². The molecule has 3 fully saturated rings. The van der Waals surface area contributed by atoms with Gasteiger partial charge < -0.3 is 5.11 Å². The Bertz CT molecular complexity index is 550. The third-order valence-electron chi connectivity index (χ3n) is 8.57. The molecule has 0 aromatic heterocycles. The van der Waals surface area contributed by atoms with Crippen molar-refractivity contribution in [3.05, 3.63) is 11.6 Å². The van der Waals surface area contributed by atoms with Gasteiger partial charge in [-0.2, -0.15) is 0 Å². The molecule has 3 saturated carbocycles. The highest BCUT2D eigenvalue weighted by Gasteiger charge is 2.59. The molecule has 0 bridgehead atoms. The Morgan fingerprint density at radius 2 is 1.91 bits per heavy atom. The van der Waals surface area contributed by atoms with Crippen LogP contribution in [0.2, 0.25) is 0 Å². The second-order valence-electron chi connectivity index (χ2n) is 9.44. The molecule has 0 unspecified atom stereocenters. The third kappa shape index (κ3) is 2.13. The molecule has 0 radical (unpaired) electrons. The summed E-state index contributed by atoms with van der Waals surface area (Å²) in [6.45, 7) is 6.70. The van der Waals surface area contributed by atoms with Gasteiger partial charge in [0.15, 0.2) is 0 Å². The number of hydrogen-bond acceptors (Lipinski definition) is 2. The Hall–Kier alpha value is -0.630. The highest BCUT2D eigenvalue weighted by molar-refractivity contribution is 5.79. The van der Waals surface area contributed by atoms with Crippen LogP contribution in [0.5, 0.6) is 0 Å². The first kappa shape index (κ1) is 15.9. The van der Waals surface area contributed by atoms with Crippen molar-refractivity contribution in [2.24, 2.45) is 34.5 Å². The summed E-state index contributed by atoms with van der Waals surface area (Å²) < 4.78 is 0. The topological polar surface area (TPSA) is 37.3 Å². The first-order valence-electron chi connectivity index (χ1n) is 9.74. The molecule has 0 aliphatic heterocycles. The van der Waals surface area contributed by atoms with Crippen LogP contribution in [-0.2, 0) is 4.79 Å². The lowest BCUT2D eigenvalue weighted by atomic mass is 9.47. The predicted octanol–water partition coefficient (Wildman–Crippen LogP) is 4.52. The van der Waals surface area contributed by atoms with Crippen LogP contribution >= 0.6 is 0 Å². The zero-order valence-electron chi connectivity index (χ0n) is 15.0. The number of aliphatic hydroxyl groups excluding tert-OH is 1. The van der Waals surface area contributed by atoms with Gasteiger partial charge in [-0.15, -0.1) is 0 Å². The van der Waals surface area contributed by atoms with E-state index in [0.29, 0.717) is 17.1 Å². The normalized spacial score (nSPS) is 52.2. The zero-order chi connectivity index (χ0) is 16.4. The van der Waals surface area contributed by atoms with Crippen LogP contribution in [-0.4, -0.2) is 17.0 Å². The minimum absolute atomic E-state index is 0.117. The monoisotopic (exact) mass is 316 g/mol. The number of Topliss-reactive ketones (excluding diaryl/α,β-unsaturated/α-hetero) is 1. The molecule has 4 rings (SSSR count). The second-order valence-corrected chi connectivity index (χ2v) is 9.44. The van der Waals surface area contributed by atoms with E-state index < -0.39 is 0 Å². The van der Waals surface area contributed by atoms with Crippen LogP contribution in [0.4, 0.5) is 0 Å². The molecular weight excluding hydrogens is 284 g/mol. The summed E-state index contributed by atoms with van der Waals surface area (Å²) in [6.07, 6.45) is 11.5. The standard InChI is InChI=1S/C21H32O2/c1-13(22)17-6-7-18-16-5-4-14-12-15(23)8-10-20(14,2)19(16)9-11-21(17,18)3/h4,15-19,23H,5-12H2,1-3H3/t15-,16+,17-,18+,19+,20-,21-/m0/s1. The molecule has 7 atom stereocenters. The van der Waals surface area contributed by atoms with Gasteiger partial charge in [-0.1, -0.05) is 25.5 Å². The van der Waals surface area contributed by atoms with E-state index in [-0.39, 0.29) is 11.5 Å². The fourth-order valence-electron chi connectivity index (χ4n) is 7.31. The molecule has 0 aromatic rings. The molecule has 23 heavy (non-hydrogen) atoms.